The number of benzene rings is 2. The first kappa shape index (κ1) is 38.9. The number of tetrazole rings is 1. The van der Waals surface area contributed by atoms with Crippen LogP contribution in [-0.2, 0) is 41.9 Å². The van der Waals surface area contributed by atoms with Gasteiger partial charge < -0.3 is 36.5 Å². The molecule has 2 unspecified atom stereocenters. The van der Waals surface area contributed by atoms with Crippen molar-refractivity contribution in [3.63, 3.8) is 0 Å². The van der Waals surface area contributed by atoms with E-state index in [2.05, 4.69) is 31.1 Å². The molecule has 2 saturated heterocycles. The summed E-state index contributed by atoms with van der Waals surface area (Å²) < 4.78 is 1.06. The fraction of sp³-hybridized carbons (Fsp3) is 0.278. The molecule has 7 N–H and O–H groups in total. The number of carbonyl (C=O) groups excluding carboxylic acids is 4. The van der Waals surface area contributed by atoms with Crippen molar-refractivity contribution in [3.8, 4) is 11.3 Å². The molecule has 3 aliphatic heterocycles. The van der Waals surface area contributed by atoms with Crippen LogP contribution in [0.15, 0.2) is 88.0 Å². The van der Waals surface area contributed by atoms with Crippen molar-refractivity contribution in [1.82, 2.24) is 40.3 Å². The molecule has 21 heteroatoms. The molecular formula is C36H34N10O9S2. The summed E-state index contributed by atoms with van der Waals surface area (Å²) in [4.78, 5) is 94.8. The zero-order chi connectivity index (χ0) is 40.4. The van der Waals surface area contributed by atoms with Gasteiger partial charge in [-0.3, -0.25) is 33.7 Å². The summed E-state index contributed by atoms with van der Waals surface area (Å²) in [7, 11) is 0. The summed E-state index contributed by atoms with van der Waals surface area (Å²) in [5.41, 5.74) is 8.20. The van der Waals surface area contributed by atoms with E-state index in [1.54, 1.807) is 60.7 Å². The van der Waals surface area contributed by atoms with E-state index in [1.165, 1.54) is 22.7 Å². The van der Waals surface area contributed by atoms with Crippen molar-refractivity contribution in [3.05, 3.63) is 99.5 Å². The second-order valence-corrected chi connectivity index (χ2v) is 15.3. The third-order valence-corrected chi connectivity index (χ3v) is 11.9. The second-order valence-electron chi connectivity index (χ2n) is 13.2. The van der Waals surface area contributed by atoms with E-state index in [1.807, 2.05) is 0 Å². The van der Waals surface area contributed by atoms with Gasteiger partial charge in [-0.05, 0) is 57.8 Å². The number of thioether (sulfide) groups is 2. The average molecular weight is 815 g/mol. The van der Waals surface area contributed by atoms with Gasteiger partial charge in [-0.15, -0.1) is 16.9 Å². The number of anilines is 1. The minimum Gasteiger partial charge on any atom is -0.480 e. The molecular weight excluding hydrogens is 781 g/mol. The van der Waals surface area contributed by atoms with E-state index < -0.39 is 59.4 Å². The van der Waals surface area contributed by atoms with Crippen LogP contribution in [0.25, 0.3) is 11.3 Å². The first-order valence-corrected chi connectivity index (χ1v) is 19.5. The maximum Gasteiger partial charge on any atom is 0.352 e. The van der Waals surface area contributed by atoms with Crippen LogP contribution in [0.4, 0.5) is 5.69 Å². The van der Waals surface area contributed by atoms with Gasteiger partial charge in [-0.1, -0.05) is 54.2 Å². The zero-order valence-electron chi connectivity index (χ0n) is 29.7. The van der Waals surface area contributed by atoms with Crippen LogP contribution in [0.3, 0.4) is 0 Å². The van der Waals surface area contributed by atoms with Gasteiger partial charge in [0.1, 0.15) is 35.7 Å². The molecule has 7 rings (SSSR count). The molecule has 2 aromatic heterocycles. The number of aromatic nitrogens is 5. The third-order valence-electron chi connectivity index (χ3n) is 9.53. The number of carboxylic acids is 2. The smallest absolute Gasteiger partial charge is 0.352 e. The topological polar surface area (TPSA) is 276 Å². The van der Waals surface area contributed by atoms with Gasteiger partial charge in [0, 0.05) is 34.9 Å². The molecule has 0 aliphatic carbocycles. The fourth-order valence-electron chi connectivity index (χ4n) is 6.66. The minimum absolute atomic E-state index is 0.0382. The lowest BCUT2D eigenvalue weighted by Crippen LogP contribution is -2.71. The van der Waals surface area contributed by atoms with Crippen molar-refractivity contribution in [2.24, 2.45) is 5.73 Å². The quantitative estimate of drug-likeness (QED) is 0.0758. The van der Waals surface area contributed by atoms with Gasteiger partial charge in [-0.25, -0.2) is 9.48 Å². The average Bonchev–Trinajstić information content (AvgIpc) is 3.85. The molecule has 4 atom stereocenters. The summed E-state index contributed by atoms with van der Waals surface area (Å²) in [5.74, 6) is -4.17. The summed E-state index contributed by atoms with van der Waals surface area (Å²) in [6, 6.07) is 15.4. The molecule has 57 heavy (non-hydrogen) atoms. The van der Waals surface area contributed by atoms with Crippen LogP contribution < -0.4 is 21.9 Å². The Morgan fingerprint density at radius 2 is 1.79 bits per heavy atom. The predicted octanol–water partition coefficient (Wildman–Crippen LogP) is 0.773. The molecule has 3 aliphatic rings. The van der Waals surface area contributed by atoms with E-state index in [9.17, 15) is 38.7 Å². The molecule has 0 bridgehead atoms. The normalized spacial score (nSPS) is 19.3. The predicted molar refractivity (Wildman–Crippen MR) is 204 cm³/mol. The minimum atomic E-state index is -1.36. The maximum absolute atomic E-state index is 14.2. The molecule has 4 aromatic rings. The number of carbonyl (C=O) groups is 6. The number of nitrogens with one attached hydrogen (secondary N) is 3. The number of pyridine rings is 1. The highest BCUT2D eigenvalue weighted by atomic mass is 32.2. The number of rotatable bonds is 14. The van der Waals surface area contributed by atoms with E-state index in [0.29, 0.717) is 34.5 Å². The summed E-state index contributed by atoms with van der Waals surface area (Å²) in [6.07, 6.45) is 0.698. The Morgan fingerprint density at radius 3 is 2.46 bits per heavy atom. The highest BCUT2D eigenvalue weighted by Crippen LogP contribution is 2.44. The van der Waals surface area contributed by atoms with E-state index in [-0.39, 0.29) is 52.7 Å². The maximum atomic E-state index is 14.2. The number of amides is 4. The highest BCUT2D eigenvalue weighted by Gasteiger charge is 2.57. The first-order chi connectivity index (χ1) is 27.4. The molecule has 0 spiro atoms. The van der Waals surface area contributed by atoms with Crippen LogP contribution in [0.1, 0.15) is 30.0 Å². The fourth-order valence-corrected chi connectivity index (χ4v) is 9.09. The number of β-lactam (4-membered cyclic amide) rings is 1. The number of carboxylic acid groups (broad SMARTS) is 2. The number of hydrogen-bond donors (Lipinski definition) is 6. The number of aliphatic carboxylic acids is 2. The lowest BCUT2D eigenvalue weighted by atomic mass is 9.98. The van der Waals surface area contributed by atoms with Crippen molar-refractivity contribution in [1.29, 1.82) is 0 Å². The number of H-pyrrole nitrogens is 1. The van der Waals surface area contributed by atoms with E-state index in [0.717, 1.165) is 21.3 Å². The molecule has 0 saturated carbocycles. The number of aromatic amines is 1. The second kappa shape index (κ2) is 16.4. The monoisotopic (exact) mass is 814 g/mol. The molecule has 294 valence electrons. The molecule has 0 radical (unpaired) electrons. The molecule has 4 amide bonds. The Kier molecular flexibility index (Phi) is 11.2. The van der Waals surface area contributed by atoms with Gasteiger partial charge in [0.25, 0.3) is 11.5 Å². The number of fused-ring (bicyclic) bond motifs is 1. The van der Waals surface area contributed by atoms with Crippen molar-refractivity contribution < 1.29 is 39.0 Å². The largest absolute Gasteiger partial charge is 0.480 e. The van der Waals surface area contributed by atoms with Crippen LogP contribution in [0.2, 0.25) is 0 Å². The number of hydrogen-bond acceptors (Lipinski definition) is 13. The van der Waals surface area contributed by atoms with Crippen LogP contribution in [0, 0.1) is 0 Å². The zero-order valence-corrected chi connectivity index (χ0v) is 31.4. The van der Waals surface area contributed by atoms with Gasteiger partial charge in [0.05, 0.1) is 6.54 Å². The number of nitrogens with zero attached hydrogens (tertiary/aromatic N) is 6. The van der Waals surface area contributed by atoms with E-state index in [4.69, 9.17) is 10.8 Å². The molecule has 5 heterocycles. The van der Waals surface area contributed by atoms with Crippen LogP contribution in [-0.4, -0.2) is 110 Å². The lowest BCUT2D eigenvalue weighted by Gasteiger charge is -2.53. The van der Waals surface area contributed by atoms with E-state index >= 15 is 0 Å². The van der Waals surface area contributed by atoms with Gasteiger partial charge in [-0.2, -0.15) is 0 Å². The van der Waals surface area contributed by atoms with Crippen molar-refractivity contribution in [2.75, 3.05) is 16.8 Å². The molecule has 19 nitrogen and oxygen atoms in total. The Balaban J connectivity index is 1.11. The standard InChI is InChI=1S/C36H34N10O9S2/c37-27(19-4-2-1-3-5-19)32(52)44(14-20-8-11-23(40-30(20)50)18-6-9-22(10-7-18)38-31(51)24-12-13-25(47)39-24)29-33(53)46-28(35(54)55)21(16-56-34(29)46)17-57-36-41-42-43-45(36)15-26(48)49/h1-11,24,27,29,34H,12-17,37H2,(H,38,51)(H,39,47)(H,40,50)(H,48,49)(H,54,55)/t24-,27?,29?,34-/m0/s1. The summed E-state index contributed by atoms with van der Waals surface area (Å²) in [6.45, 7) is -0.818. The highest BCUT2D eigenvalue weighted by molar-refractivity contribution is 8.01. The van der Waals surface area contributed by atoms with Crippen LogP contribution in [0.5, 0.6) is 0 Å². The lowest BCUT2D eigenvalue weighted by molar-refractivity contribution is -0.161. The third kappa shape index (κ3) is 8.16. The SMILES string of the molecule is NC(C(=O)N(Cc1ccc(-c2ccc(NC(=O)[C@@H]3CCC(=O)N3)cc2)[nH]c1=O)C1C(=O)N2C(C(=O)O)=C(CSc3nnnn3CC(=O)O)CS[C@@H]12)c1ccccc1. The Morgan fingerprint density at radius 1 is 1.04 bits per heavy atom. The molecule has 2 fully saturated rings. The van der Waals surface area contributed by atoms with Crippen molar-refractivity contribution >= 4 is 64.8 Å². The molecule has 2 aromatic carbocycles. The van der Waals surface area contributed by atoms with Gasteiger partial charge >= 0.3 is 11.9 Å². The Labute approximate surface area is 331 Å². The Bertz CT molecular complexity index is 2350. The Hall–Kier alpha value is -6.32. The van der Waals surface area contributed by atoms with Crippen molar-refractivity contribution in [2.45, 2.75) is 54.6 Å². The first-order valence-electron chi connectivity index (χ1n) is 17.4. The summed E-state index contributed by atoms with van der Waals surface area (Å²) >= 11 is 2.26. The van der Waals surface area contributed by atoms with Gasteiger partial charge in [0.2, 0.25) is 22.9 Å². The summed E-state index contributed by atoms with van der Waals surface area (Å²) in [5, 5.41) is 35.1. The van der Waals surface area contributed by atoms with Crippen LogP contribution >= 0.6 is 23.5 Å². The van der Waals surface area contributed by atoms with Gasteiger partial charge in [0.15, 0.2) is 0 Å². The number of nitrogens with two attached hydrogens (primary N) is 1.